The summed E-state index contributed by atoms with van der Waals surface area (Å²) in [5.74, 6) is 2.31. The van der Waals surface area contributed by atoms with Crippen molar-refractivity contribution in [2.45, 2.75) is 50.7 Å². The zero-order valence-corrected chi connectivity index (χ0v) is 10.4. The van der Waals surface area contributed by atoms with Gasteiger partial charge in [0.1, 0.15) is 11.6 Å². The highest BCUT2D eigenvalue weighted by atomic mass is 16.5. The van der Waals surface area contributed by atoms with Gasteiger partial charge in [-0.25, -0.2) is 9.97 Å². The Morgan fingerprint density at radius 1 is 1.41 bits per heavy atom. The summed E-state index contributed by atoms with van der Waals surface area (Å²) in [7, 11) is 1.91. The number of ether oxygens (including phenoxy) is 1. The minimum atomic E-state index is 0.358. The molecule has 0 amide bonds. The lowest BCUT2D eigenvalue weighted by Gasteiger charge is -2.18. The second-order valence-electron chi connectivity index (χ2n) is 4.92. The van der Waals surface area contributed by atoms with Crippen LogP contribution in [-0.4, -0.2) is 29.2 Å². The molecule has 3 heterocycles. The molecule has 0 saturated carbocycles. The van der Waals surface area contributed by atoms with Gasteiger partial charge in [0, 0.05) is 24.7 Å². The Morgan fingerprint density at radius 3 is 2.88 bits per heavy atom. The molecule has 4 heteroatoms. The van der Waals surface area contributed by atoms with Crippen LogP contribution in [0.5, 0.6) is 0 Å². The maximum atomic E-state index is 5.89. The Morgan fingerprint density at radius 2 is 2.29 bits per heavy atom. The van der Waals surface area contributed by atoms with Crippen LogP contribution in [-0.2, 0) is 11.2 Å². The fourth-order valence-corrected chi connectivity index (χ4v) is 2.90. The highest BCUT2D eigenvalue weighted by molar-refractivity contribution is 5.36. The van der Waals surface area contributed by atoms with Gasteiger partial charge in [0.05, 0.1) is 12.2 Å². The van der Waals surface area contributed by atoms with Gasteiger partial charge in [0.2, 0.25) is 0 Å². The zero-order chi connectivity index (χ0) is 11.8. The normalized spacial score (nSPS) is 30.8. The van der Waals surface area contributed by atoms with Crippen molar-refractivity contribution in [3.8, 4) is 0 Å². The van der Waals surface area contributed by atoms with Crippen LogP contribution in [0.4, 0.5) is 5.82 Å². The van der Waals surface area contributed by atoms with Gasteiger partial charge >= 0.3 is 0 Å². The number of aromatic nitrogens is 2. The monoisotopic (exact) mass is 233 g/mol. The number of nitrogens with zero attached hydrogens (tertiary/aromatic N) is 2. The van der Waals surface area contributed by atoms with Crippen molar-refractivity contribution >= 4 is 5.82 Å². The number of hydrogen-bond acceptors (Lipinski definition) is 4. The lowest BCUT2D eigenvalue weighted by atomic mass is 9.88. The number of anilines is 1. The van der Waals surface area contributed by atoms with E-state index in [2.05, 4.69) is 22.2 Å². The van der Waals surface area contributed by atoms with Crippen LogP contribution < -0.4 is 5.32 Å². The van der Waals surface area contributed by atoms with E-state index in [4.69, 9.17) is 4.74 Å². The third kappa shape index (κ3) is 1.90. The summed E-state index contributed by atoms with van der Waals surface area (Å²) in [5, 5.41) is 3.12. The summed E-state index contributed by atoms with van der Waals surface area (Å²) >= 11 is 0. The van der Waals surface area contributed by atoms with Crippen molar-refractivity contribution in [2.75, 3.05) is 12.4 Å². The molecular weight excluding hydrogens is 214 g/mol. The van der Waals surface area contributed by atoms with Crippen LogP contribution in [0.25, 0.3) is 0 Å². The first-order valence-electron chi connectivity index (χ1n) is 6.51. The summed E-state index contributed by atoms with van der Waals surface area (Å²) in [6.45, 7) is 2.13. The fraction of sp³-hybridized carbons (Fsp3) is 0.692. The summed E-state index contributed by atoms with van der Waals surface area (Å²) in [5.41, 5.74) is 1.11. The number of hydrogen-bond donors (Lipinski definition) is 1. The van der Waals surface area contributed by atoms with Crippen LogP contribution in [0.2, 0.25) is 0 Å². The van der Waals surface area contributed by atoms with Crippen molar-refractivity contribution in [3.63, 3.8) is 0 Å². The average molecular weight is 233 g/mol. The molecule has 0 radical (unpaired) electrons. The van der Waals surface area contributed by atoms with Crippen molar-refractivity contribution in [3.05, 3.63) is 17.6 Å². The Kier molecular flexibility index (Phi) is 2.74. The summed E-state index contributed by atoms with van der Waals surface area (Å²) in [4.78, 5) is 9.27. The quantitative estimate of drug-likeness (QED) is 0.868. The van der Waals surface area contributed by atoms with E-state index in [1.807, 2.05) is 13.1 Å². The molecule has 4 nitrogen and oxygen atoms in total. The molecule has 2 aliphatic heterocycles. The van der Waals surface area contributed by atoms with Crippen LogP contribution in [0.15, 0.2) is 6.07 Å². The fourth-order valence-electron chi connectivity index (χ4n) is 2.90. The standard InChI is InChI=1S/C13H19N3O/c1-3-8-6-12(14-2)16-13(15-8)10-7-9-4-5-11(10)17-9/h6,9-11H,3-5,7H2,1-2H3,(H,14,15,16). The predicted molar refractivity (Wildman–Crippen MR) is 66.2 cm³/mol. The van der Waals surface area contributed by atoms with E-state index in [1.165, 1.54) is 12.8 Å². The molecular formula is C13H19N3O. The lowest BCUT2D eigenvalue weighted by molar-refractivity contribution is 0.0998. The first-order valence-corrected chi connectivity index (χ1v) is 6.51. The highest BCUT2D eigenvalue weighted by Gasteiger charge is 2.43. The van der Waals surface area contributed by atoms with Gasteiger partial charge in [-0.15, -0.1) is 0 Å². The summed E-state index contributed by atoms with van der Waals surface area (Å²) < 4.78 is 5.89. The van der Waals surface area contributed by atoms with Crippen LogP contribution in [0, 0.1) is 0 Å². The molecule has 92 valence electrons. The van der Waals surface area contributed by atoms with E-state index in [-0.39, 0.29) is 0 Å². The molecule has 0 spiro atoms. The summed E-state index contributed by atoms with van der Waals surface area (Å²) in [6.07, 6.45) is 5.25. The molecule has 2 saturated heterocycles. The van der Waals surface area contributed by atoms with E-state index < -0.39 is 0 Å². The van der Waals surface area contributed by atoms with E-state index in [0.717, 1.165) is 30.2 Å². The van der Waals surface area contributed by atoms with Gasteiger partial charge in [-0.1, -0.05) is 6.92 Å². The minimum absolute atomic E-state index is 0.358. The number of aryl methyl sites for hydroxylation is 1. The van der Waals surface area contributed by atoms with Gasteiger partial charge in [-0.05, 0) is 25.7 Å². The Bertz CT molecular complexity index is 399. The zero-order valence-electron chi connectivity index (χ0n) is 10.4. The third-order valence-corrected chi connectivity index (χ3v) is 3.85. The van der Waals surface area contributed by atoms with Gasteiger partial charge in [-0.3, -0.25) is 0 Å². The van der Waals surface area contributed by atoms with Gasteiger partial charge < -0.3 is 10.1 Å². The molecule has 3 unspecified atom stereocenters. The lowest BCUT2D eigenvalue weighted by Crippen LogP contribution is -2.18. The van der Waals surface area contributed by atoms with Gasteiger partial charge in [0.15, 0.2) is 0 Å². The molecule has 1 aromatic heterocycles. The highest BCUT2D eigenvalue weighted by Crippen LogP contribution is 2.43. The first-order chi connectivity index (χ1) is 8.30. The molecule has 3 rings (SSSR count). The number of fused-ring (bicyclic) bond motifs is 2. The Hall–Kier alpha value is -1.16. The van der Waals surface area contributed by atoms with Crippen molar-refractivity contribution in [1.82, 2.24) is 9.97 Å². The van der Waals surface area contributed by atoms with Gasteiger partial charge in [0.25, 0.3) is 0 Å². The van der Waals surface area contributed by atoms with E-state index in [0.29, 0.717) is 18.1 Å². The van der Waals surface area contributed by atoms with Gasteiger partial charge in [-0.2, -0.15) is 0 Å². The third-order valence-electron chi connectivity index (χ3n) is 3.85. The second kappa shape index (κ2) is 4.26. The van der Waals surface area contributed by atoms with Crippen LogP contribution >= 0.6 is 0 Å². The molecule has 0 aliphatic carbocycles. The molecule has 1 aromatic rings. The topological polar surface area (TPSA) is 47.0 Å². The first kappa shape index (κ1) is 11.0. The molecule has 2 aliphatic rings. The molecule has 0 aromatic carbocycles. The van der Waals surface area contributed by atoms with Crippen LogP contribution in [0.3, 0.4) is 0 Å². The molecule has 3 atom stereocenters. The van der Waals surface area contributed by atoms with Crippen molar-refractivity contribution in [1.29, 1.82) is 0 Å². The SMILES string of the molecule is CCc1cc(NC)nc(C2CC3CCC2O3)n1. The number of rotatable bonds is 3. The van der Waals surface area contributed by atoms with Crippen molar-refractivity contribution < 1.29 is 4.74 Å². The maximum absolute atomic E-state index is 5.89. The maximum Gasteiger partial charge on any atom is 0.136 e. The Balaban J connectivity index is 1.91. The van der Waals surface area contributed by atoms with Crippen LogP contribution in [0.1, 0.15) is 43.6 Å². The molecule has 17 heavy (non-hydrogen) atoms. The molecule has 2 bridgehead atoms. The molecule has 2 fully saturated rings. The van der Waals surface area contributed by atoms with E-state index in [1.54, 1.807) is 0 Å². The smallest absolute Gasteiger partial charge is 0.136 e. The Labute approximate surface area is 102 Å². The average Bonchev–Trinajstić information content (AvgIpc) is 3.00. The second-order valence-corrected chi connectivity index (χ2v) is 4.92. The largest absolute Gasteiger partial charge is 0.374 e. The van der Waals surface area contributed by atoms with E-state index >= 15 is 0 Å². The summed E-state index contributed by atoms with van der Waals surface area (Å²) in [6, 6.07) is 2.03. The predicted octanol–water partition coefficient (Wildman–Crippen LogP) is 2.12. The number of nitrogens with one attached hydrogen (secondary N) is 1. The van der Waals surface area contributed by atoms with Crippen molar-refractivity contribution in [2.24, 2.45) is 0 Å². The van der Waals surface area contributed by atoms with E-state index in [9.17, 15) is 0 Å². The minimum Gasteiger partial charge on any atom is -0.374 e. The molecule has 1 N–H and O–H groups in total.